The molecule has 146 valence electrons. The lowest BCUT2D eigenvalue weighted by Gasteiger charge is -2.09. The van der Waals surface area contributed by atoms with E-state index in [0.29, 0.717) is 16.3 Å². The molecule has 2 N–H and O–H groups in total. The van der Waals surface area contributed by atoms with E-state index in [1.165, 1.54) is 11.8 Å². The van der Waals surface area contributed by atoms with Crippen molar-refractivity contribution in [3.8, 4) is 0 Å². The van der Waals surface area contributed by atoms with Crippen molar-refractivity contribution < 1.29 is 13.2 Å². The number of amides is 1. The van der Waals surface area contributed by atoms with Gasteiger partial charge in [0.05, 0.1) is 17.5 Å². The summed E-state index contributed by atoms with van der Waals surface area (Å²) in [6.07, 6.45) is 0. The van der Waals surface area contributed by atoms with Gasteiger partial charge in [-0.1, -0.05) is 29.4 Å². The van der Waals surface area contributed by atoms with Crippen molar-refractivity contribution in [2.45, 2.75) is 18.2 Å². The van der Waals surface area contributed by atoms with Crippen LogP contribution in [0.3, 0.4) is 0 Å². The first-order valence-electron chi connectivity index (χ1n) is 8.68. The number of carbonyl (C=O) groups is 1. The van der Waals surface area contributed by atoms with Crippen LogP contribution in [0.15, 0.2) is 47.5 Å². The molecule has 0 spiro atoms. The van der Waals surface area contributed by atoms with E-state index >= 15 is 0 Å². The molecule has 2 aliphatic heterocycles. The Hall–Kier alpha value is -2.03. The van der Waals surface area contributed by atoms with Gasteiger partial charge in [0.2, 0.25) is 0 Å². The van der Waals surface area contributed by atoms with Gasteiger partial charge in [-0.2, -0.15) is 0 Å². The zero-order valence-electron chi connectivity index (χ0n) is 15.0. The number of anilines is 2. The molecule has 2 unspecified atom stereocenters. The molecule has 2 atom stereocenters. The second-order valence-electron chi connectivity index (χ2n) is 6.86. The Labute approximate surface area is 172 Å². The maximum atomic E-state index is 12.4. The van der Waals surface area contributed by atoms with Crippen LogP contribution in [0.5, 0.6) is 0 Å². The molecule has 2 aromatic carbocycles. The molecule has 0 radical (unpaired) electrons. The molecule has 6 nitrogen and oxygen atoms in total. The third-order valence-electron chi connectivity index (χ3n) is 4.65. The normalized spacial score (nSPS) is 22.4. The number of halogens is 1. The largest absolute Gasteiger partial charge is 0.335 e. The van der Waals surface area contributed by atoms with E-state index in [1.807, 2.05) is 19.1 Å². The summed E-state index contributed by atoms with van der Waals surface area (Å²) in [6.45, 7) is 1.90. The smallest absolute Gasteiger partial charge is 0.255 e. The number of nitrogens with one attached hydrogen (secondary N) is 2. The van der Waals surface area contributed by atoms with E-state index < -0.39 is 9.84 Å². The van der Waals surface area contributed by atoms with Gasteiger partial charge in [-0.15, -0.1) is 0 Å². The Morgan fingerprint density at radius 1 is 1.14 bits per heavy atom. The summed E-state index contributed by atoms with van der Waals surface area (Å²) in [5, 5.41) is 7.34. The lowest BCUT2D eigenvalue weighted by atomic mass is 10.1. The summed E-state index contributed by atoms with van der Waals surface area (Å²) >= 11 is 7.55. The minimum Gasteiger partial charge on any atom is -0.335 e. The van der Waals surface area contributed by atoms with Crippen molar-refractivity contribution in [3.63, 3.8) is 0 Å². The molecule has 1 amide bonds. The van der Waals surface area contributed by atoms with Crippen LogP contribution in [0.4, 0.5) is 11.4 Å². The van der Waals surface area contributed by atoms with Crippen molar-refractivity contribution in [1.29, 1.82) is 0 Å². The van der Waals surface area contributed by atoms with Crippen molar-refractivity contribution in [1.82, 2.24) is 0 Å². The number of thioether (sulfide) groups is 1. The van der Waals surface area contributed by atoms with Crippen LogP contribution >= 0.6 is 23.4 Å². The zero-order valence-corrected chi connectivity index (χ0v) is 17.4. The molecule has 2 heterocycles. The molecule has 4 rings (SSSR count). The zero-order chi connectivity index (χ0) is 19.9. The van der Waals surface area contributed by atoms with Crippen LogP contribution < -0.4 is 10.6 Å². The second kappa shape index (κ2) is 7.42. The molecule has 0 bridgehead atoms. The number of benzene rings is 2. The Balaban J connectivity index is 1.39. The predicted octanol–water partition coefficient (Wildman–Crippen LogP) is 3.58. The van der Waals surface area contributed by atoms with Gasteiger partial charge in [0.15, 0.2) is 15.0 Å². The minimum atomic E-state index is -2.96. The number of amidine groups is 1. The molecule has 1 fully saturated rings. The lowest BCUT2D eigenvalue weighted by molar-refractivity contribution is 0.102. The number of hydrogen-bond donors (Lipinski definition) is 2. The van der Waals surface area contributed by atoms with Crippen molar-refractivity contribution >= 4 is 55.6 Å². The Kier molecular flexibility index (Phi) is 5.11. The van der Waals surface area contributed by atoms with E-state index in [1.54, 1.807) is 30.3 Å². The van der Waals surface area contributed by atoms with Crippen LogP contribution in [0, 0.1) is 6.92 Å². The summed E-state index contributed by atoms with van der Waals surface area (Å²) in [4.78, 5) is 16.9. The van der Waals surface area contributed by atoms with Crippen LogP contribution in [-0.4, -0.2) is 42.3 Å². The van der Waals surface area contributed by atoms with Gasteiger partial charge in [-0.25, -0.2) is 8.42 Å². The Bertz CT molecular complexity index is 1070. The first kappa shape index (κ1) is 19.3. The molecule has 2 aromatic rings. The third-order valence-corrected chi connectivity index (χ3v) is 8.20. The highest BCUT2D eigenvalue weighted by molar-refractivity contribution is 8.15. The molecule has 0 aliphatic carbocycles. The van der Waals surface area contributed by atoms with Gasteiger partial charge in [0.1, 0.15) is 0 Å². The summed E-state index contributed by atoms with van der Waals surface area (Å²) in [7, 11) is -2.96. The molecule has 0 saturated carbocycles. The Morgan fingerprint density at radius 3 is 2.54 bits per heavy atom. The molecular weight excluding hydrogens is 418 g/mol. The van der Waals surface area contributed by atoms with Crippen molar-refractivity contribution in [2.24, 2.45) is 4.99 Å². The molecule has 9 heteroatoms. The average molecular weight is 436 g/mol. The highest BCUT2D eigenvalue weighted by atomic mass is 35.5. The van der Waals surface area contributed by atoms with Gasteiger partial charge >= 0.3 is 0 Å². The summed E-state index contributed by atoms with van der Waals surface area (Å²) in [6, 6.07) is 12.3. The SMILES string of the molecule is Cc1ccc(NC(=O)c2ccc(NC3=NC4CS(=O)(=O)CC4S3)cc2)cc1Cl. The van der Waals surface area contributed by atoms with Gasteiger partial charge in [0, 0.05) is 27.2 Å². The van der Waals surface area contributed by atoms with E-state index in [0.717, 1.165) is 16.4 Å². The number of aryl methyl sites for hydroxylation is 1. The van der Waals surface area contributed by atoms with Crippen LogP contribution in [0.2, 0.25) is 5.02 Å². The highest BCUT2D eigenvalue weighted by Gasteiger charge is 2.42. The van der Waals surface area contributed by atoms with Crippen LogP contribution in [-0.2, 0) is 9.84 Å². The topological polar surface area (TPSA) is 87.6 Å². The van der Waals surface area contributed by atoms with Gasteiger partial charge < -0.3 is 10.6 Å². The van der Waals surface area contributed by atoms with E-state index in [-0.39, 0.29) is 28.7 Å². The third kappa shape index (κ3) is 4.19. The number of rotatable bonds is 3. The van der Waals surface area contributed by atoms with E-state index in [4.69, 9.17) is 11.6 Å². The maximum Gasteiger partial charge on any atom is 0.255 e. The molecule has 28 heavy (non-hydrogen) atoms. The van der Waals surface area contributed by atoms with Crippen molar-refractivity contribution in [3.05, 3.63) is 58.6 Å². The number of aliphatic imine (C=N–C) groups is 1. The average Bonchev–Trinajstić information content (AvgIpc) is 3.11. The number of nitrogens with zero attached hydrogens (tertiary/aromatic N) is 1. The van der Waals surface area contributed by atoms with Gasteiger partial charge in [-0.3, -0.25) is 9.79 Å². The van der Waals surface area contributed by atoms with Crippen LogP contribution in [0.1, 0.15) is 15.9 Å². The minimum absolute atomic E-state index is 0.00103. The fraction of sp³-hybridized carbons (Fsp3) is 0.263. The number of fused-ring (bicyclic) bond motifs is 1. The first-order chi connectivity index (χ1) is 13.3. The molecule has 0 aromatic heterocycles. The van der Waals surface area contributed by atoms with Crippen molar-refractivity contribution in [2.75, 3.05) is 22.1 Å². The van der Waals surface area contributed by atoms with Gasteiger partial charge in [-0.05, 0) is 48.9 Å². The first-order valence-corrected chi connectivity index (χ1v) is 11.8. The summed E-state index contributed by atoms with van der Waals surface area (Å²) in [5.74, 6) is 0.0794. The second-order valence-corrected chi connectivity index (χ2v) is 10.6. The number of hydrogen-bond acceptors (Lipinski definition) is 6. The fourth-order valence-corrected chi connectivity index (χ4v) is 6.97. The van der Waals surface area contributed by atoms with E-state index in [9.17, 15) is 13.2 Å². The fourth-order valence-electron chi connectivity index (χ4n) is 3.12. The highest BCUT2D eigenvalue weighted by Crippen LogP contribution is 2.34. The van der Waals surface area contributed by atoms with Crippen LogP contribution in [0.25, 0.3) is 0 Å². The summed E-state index contributed by atoms with van der Waals surface area (Å²) in [5.41, 5.74) is 2.90. The standard InChI is InChI=1S/C19H18ClN3O3S2/c1-11-2-5-14(8-15(11)20)21-18(24)12-3-6-13(7-4-12)22-19-23-16-9-28(25,26)10-17(16)27-19/h2-8,16-17H,9-10H2,1H3,(H,21,24)(H,22,23). The quantitative estimate of drug-likeness (QED) is 0.769. The summed E-state index contributed by atoms with van der Waals surface area (Å²) < 4.78 is 23.3. The molecular formula is C19H18ClN3O3S2. The monoisotopic (exact) mass is 435 g/mol. The predicted molar refractivity (Wildman–Crippen MR) is 115 cm³/mol. The van der Waals surface area contributed by atoms with E-state index in [2.05, 4.69) is 15.6 Å². The van der Waals surface area contributed by atoms with Gasteiger partial charge in [0.25, 0.3) is 5.91 Å². The number of carbonyl (C=O) groups excluding carboxylic acids is 1. The number of sulfone groups is 1. The molecule has 1 saturated heterocycles. The molecule has 2 aliphatic rings. The lowest BCUT2D eigenvalue weighted by Crippen LogP contribution is -2.13. The Morgan fingerprint density at radius 2 is 1.86 bits per heavy atom. The maximum absolute atomic E-state index is 12.4.